The van der Waals surface area contributed by atoms with Crippen LogP contribution < -0.4 is 10.1 Å². The average Bonchev–Trinajstić information content (AvgIpc) is 3.32. The third-order valence-electron chi connectivity index (χ3n) is 5.68. The predicted molar refractivity (Wildman–Crippen MR) is 131 cm³/mol. The summed E-state index contributed by atoms with van der Waals surface area (Å²) in [4.78, 5) is 33.1. The van der Waals surface area contributed by atoms with Gasteiger partial charge in [-0.2, -0.15) is 0 Å². The molecule has 2 atom stereocenters. The van der Waals surface area contributed by atoms with E-state index in [2.05, 4.69) is 10.5 Å². The molecule has 0 aliphatic carbocycles. The standard InChI is InChI=1S/C27H27N3O5/c1-34-29-20-16-23(26(32)28-17-24(31)19-10-4-2-5-11-19)30(18-20)27(33)22-14-8-9-15-25(22)35-21-12-6-3-7-13-21/h2-15,23-24,31H,16-18H2,1H3,(H,28,32)/b29-20-/t23?,24-/m1/s1. The van der Waals surface area contributed by atoms with Crippen LogP contribution in [0.1, 0.15) is 28.4 Å². The second kappa shape index (κ2) is 11.3. The van der Waals surface area contributed by atoms with Crippen LogP contribution in [0.3, 0.4) is 0 Å². The van der Waals surface area contributed by atoms with E-state index in [1.807, 2.05) is 36.4 Å². The minimum Gasteiger partial charge on any atom is -0.457 e. The SMILES string of the molecule is CO/N=C1/CC(C(=O)NC[C@@H](O)c2ccccc2)N(C(=O)c2ccccc2Oc2ccccc2)C1. The van der Waals surface area contributed by atoms with Crippen LogP contribution in [0.25, 0.3) is 0 Å². The molecule has 0 spiro atoms. The third-order valence-corrected chi connectivity index (χ3v) is 5.68. The minimum absolute atomic E-state index is 0.0197. The van der Waals surface area contributed by atoms with E-state index in [1.54, 1.807) is 48.5 Å². The Morgan fingerprint density at radius 1 is 1.03 bits per heavy atom. The fourth-order valence-corrected chi connectivity index (χ4v) is 3.96. The second-order valence-electron chi connectivity index (χ2n) is 8.08. The maximum atomic E-state index is 13.6. The van der Waals surface area contributed by atoms with Crippen LogP contribution >= 0.6 is 0 Å². The van der Waals surface area contributed by atoms with Gasteiger partial charge >= 0.3 is 0 Å². The minimum atomic E-state index is -0.863. The second-order valence-corrected chi connectivity index (χ2v) is 8.08. The van der Waals surface area contributed by atoms with Crippen molar-refractivity contribution in [2.45, 2.75) is 18.6 Å². The van der Waals surface area contributed by atoms with Gasteiger partial charge < -0.3 is 24.9 Å². The van der Waals surface area contributed by atoms with Crippen LogP contribution in [0.2, 0.25) is 0 Å². The van der Waals surface area contributed by atoms with E-state index in [0.717, 1.165) is 0 Å². The molecule has 3 aromatic rings. The van der Waals surface area contributed by atoms with E-state index in [9.17, 15) is 14.7 Å². The van der Waals surface area contributed by atoms with Crippen molar-refractivity contribution >= 4 is 17.5 Å². The van der Waals surface area contributed by atoms with Gasteiger partial charge in [-0.25, -0.2) is 0 Å². The van der Waals surface area contributed by atoms with Crippen molar-refractivity contribution in [2.24, 2.45) is 5.16 Å². The van der Waals surface area contributed by atoms with Gasteiger partial charge in [0.25, 0.3) is 5.91 Å². The van der Waals surface area contributed by atoms with Crippen LogP contribution in [0.4, 0.5) is 0 Å². The van der Waals surface area contributed by atoms with Gasteiger partial charge in [0.05, 0.1) is 23.9 Å². The first-order chi connectivity index (χ1) is 17.1. The first-order valence-electron chi connectivity index (χ1n) is 11.3. The van der Waals surface area contributed by atoms with Gasteiger partial charge in [0, 0.05) is 13.0 Å². The van der Waals surface area contributed by atoms with Crippen molar-refractivity contribution in [3.63, 3.8) is 0 Å². The Bertz CT molecular complexity index is 1180. The lowest BCUT2D eigenvalue weighted by molar-refractivity contribution is -0.125. The van der Waals surface area contributed by atoms with Crippen LogP contribution in [-0.4, -0.2) is 53.8 Å². The number of aliphatic hydroxyl groups is 1. The molecule has 1 saturated heterocycles. The van der Waals surface area contributed by atoms with Crippen molar-refractivity contribution in [1.82, 2.24) is 10.2 Å². The zero-order valence-corrected chi connectivity index (χ0v) is 19.3. The molecule has 180 valence electrons. The Kier molecular flexibility index (Phi) is 7.74. The highest BCUT2D eigenvalue weighted by molar-refractivity contribution is 6.06. The van der Waals surface area contributed by atoms with E-state index in [1.165, 1.54) is 12.0 Å². The van der Waals surface area contributed by atoms with E-state index in [0.29, 0.717) is 28.3 Å². The molecule has 4 rings (SSSR count). The number of benzene rings is 3. The van der Waals surface area contributed by atoms with Gasteiger partial charge in [0.15, 0.2) is 0 Å². The summed E-state index contributed by atoms with van der Waals surface area (Å²) in [5.74, 6) is 0.247. The summed E-state index contributed by atoms with van der Waals surface area (Å²) in [7, 11) is 1.42. The molecule has 1 aliphatic heterocycles. The molecule has 1 fully saturated rings. The van der Waals surface area contributed by atoms with E-state index >= 15 is 0 Å². The van der Waals surface area contributed by atoms with Gasteiger partial charge in [-0.15, -0.1) is 0 Å². The molecular weight excluding hydrogens is 446 g/mol. The molecule has 1 aliphatic rings. The molecule has 0 saturated carbocycles. The molecule has 1 unspecified atom stereocenters. The van der Waals surface area contributed by atoms with Gasteiger partial charge in [0.1, 0.15) is 24.7 Å². The van der Waals surface area contributed by atoms with Crippen molar-refractivity contribution in [1.29, 1.82) is 0 Å². The third kappa shape index (κ3) is 5.85. The molecule has 8 nitrogen and oxygen atoms in total. The van der Waals surface area contributed by atoms with Crippen LogP contribution in [0.5, 0.6) is 11.5 Å². The molecule has 2 amide bonds. The Morgan fingerprint density at radius 2 is 1.69 bits per heavy atom. The van der Waals surface area contributed by atoms with Crippen molar-refractivity contribution in [3.05, 3.63) is 96.1 Å². The quantitative estimate of drug-likeness (QED) is 0.488. The number of hydrogen-bond acceptors (Lipinski definition) is 6. The number of carbonyl (C=O) groups is 2. The summed E-state index contributed by atoms with van der Waals surface area (Å²) < 4.78 is 5.95. The number of nitrogens with one attached hydrogen (secondary N) is 1. The van der Waals surface area contributed by atoms with E-state index in [4.69, 9.17) is 9.57 Å². The number of amides is 2. The van der Waals surface area contributed by atoms with Crippen molar-refractivity contribution in [2.75, 3.05) is 20.2 Å². The summed E-state index contributed by atoms with van der Waals surface area (Å²) in [6.07, 6.45) is -0.632. The number of aliphatic hydroxyl groups excluding tert-OH is 1. The molecule has 0 aromatic heterocycles. The number of nitrogens with zero attached hydrogens (tertiary/aromatic N) is 2. The number of likely N-dealkylation sites (tertiary alicyclic amines) is 1. The van der Waals surface area contributed by atoms with Crippen molar-refractivity contribution in [3.8, 4) is 11.5 Å². The van der Waals surface area contributed by atoms with Gasteiger partial charge in [-0.1, -0.05) is 65.8 Å². The fourth-order valence-electron chi connectivity index (χ4n) is 3.96. The van der Waals surface area contributed by atoms with Crippen LogP contribution in [-0.2, 0) is 9.63 Å². The largest absolute Gasteiger partial charge is 0.457 e. The monoisotopic (exact) mass is 473 g/mol. The molecule has 0 radical (unpaired) electrons. The summed E-state index contributed by atoms with van der Waals surface area (Å²) >= 11 is 0. The Balaban J connectivity index is 1.52. The number of carbonyl (C=O) groups excluding carboxylic acids is 2. The first kappa shape index (κ1) is 24.0. The zero-order chi connectivity index (χ0) is 24.6. The van der Waals surface area contributed by atoms with E-state index in [-0.39, 0.29) is 31.3 Å². The Morgan fingerprint density at radius 3 is 2.40 bits per heavy atom. The number of oxime groups is 1. The number of rotatable bonds is 8. The average molecular weight is 474 g/mol. The van der Waals surface area contributed by atoms with Gasteiger partial charge in [-0.3, -0.25) is 9.59 Å². The van der Waals surface area contributed by atoms with Gasteiger partial charge in [-0.05, 0) is 29.8 Å². The number of hydrogen-bond donors (Lipinski definition) is 2. The Labute approximate surface area is 203 Å². The summed E-state index contributed by atoms with van der Waals surface area (Å²) in [5, 5.41) is 17.2. The molecule has 2 N–H and O–H groups in total. The van der Waals surface area contributed by atoms with E-state index < -0.39 is 12.1 Å². The molecule has 3 aromatic carbocycles. The lowest BCUT2D eigenvalue weighted by Gasteiger charge is -2.25. The lowest BCUT2D eigenvalue weighted by atomic mass is 10.1. The van der Waals surface area contributed by atoms with Crippen LogP contribution in [0.15, 0.2) is 90.1 Å². The lowest BCUT2D eigenvalue weighted by Crippen LogP contribution is -2.46. The molecule has 8 heteroatoms. The number of ether oxygens (including phenoxy) is 1. The van der Waals surface area contributed by atoms with Gasteiger partial charge in [0.2, 0.25) is 5.91 Å². The highest BCUT2D eigenvalue weighted by Gasteiger charge is 2.39. The summed E-state index contributed by atoms with van der Waals surface area (Å²) in [6.45, 7) is 0.164. The normalized spacial score (nSPS) is 17.1. The smallest absolute Gasteiger partial charge is 0.258 e. The highest BCUT2D eigenvalue weighted by Crippen LogP contribution is 2.28. The topological polar surface area (TPSA) is 100 Å². The summed E-state index contributed by atoms with van der Waals surface area (Å²) in [6, 6.07) is 24.3. The maximum Gasteiger partial charge on any atom is 0.258 e. The predicted octanol–water partition coefficient (Wildman–Crippen LogP) is 3.55. The molecule has 0 bridgehead atoms. The molecular formula is C27H27N3O5. The zero-order valence-electron chi connectivity index (χ0n) is 19.3. The maximum absolute atomic E-state index is 13.6. The number of para-hydroxylation sites is 2. The highest BCUT2D eigenvalue weighted by atomic mass is 16.6. The molecule has 1 heterocycles. The molecule has 35 heavy (non-hydrogen) atoms. The first-order valence-corrected chi connectivity index (χ1v) is 11.3. The summed E-state index contributed by atoms with van der Waals surface area (Å²) in [5.41, 5.74) is 1.60. The Hall–Kier alpha value is -4.17. The van der Waals surface area contributed by atoms with Crippen molar-refractivity contribution < 1.29 is 24.3 Å². The fraction of sp³-hybridized carbons (Fsp3) is 0.222. The van der Waals surface area contributed by atoms with Crippen LogP contribution in [0, 0.1) is 0 Å².